The Bertz CT molecular complexity index is 385. The summed E-state index contributed by atoms with van der Waals surface area (Å²) in [6, 6.07) is 0. The lowest BCUT2D eigenvalue weighted by Gasteiger charge is -2.30. The summed E-state index contributed by atoms with van der Waals surface area (Å²) in [4.78, 5) is 0. The molecule has 0 aromatic carbocycles. The number of nitrogens with zero attached hydrogens (tertiary/aromatic N) is 1. The molecule has 0 atom stereocenters. The fourth-order valence-corrected chi connectivity index (χ4v) is 3.46. The van der Waals surface area contributed by atoms with E-state index in [0.717, 1.165) is 0 Å². The van der Waals surface area contributed by atoms with Gasteiger partial charge in [-0.25, -0.2) is 0 Å². The molecule has 0 radical (unpaired) electrons. The average Bonchev–Trinajstić information content (AvgIpc) is 2.58. The molecule has 0 heterocycles. The zero-order valence-electron chi connectivity index (χ0n) is 20.0. The van der Waals surface area contributed by atoms with Gasteiger partial charge in [0.1, 0.15) is 0 Å². The summed E-state index contributed by atoms with van der Waals surface area (Å²) in [6.45, 7) is 7.36. The summed E-state index contributed by atoms with van der Waals surface area (Å²) in [5, 5.41) is 0. The van der Waals surface area contributed by atoms with Crippen LogP contribution in [0.15, 0.2) is 0 Å². The van der Waals surface area contributed by atoms with Crippen molar-refractivity contribution in [1.82, 2.24) is 6.15 Å². The van der Waals surface area contributed by atoms with Crippen molar-refractivity contribution in [2.24, 2.45) is 0 Å². The molecule has 180 valence electrons. The highest BCUT2D eigenvalue weighted by molar-refractivity contribution is 7.79. The van der Waals surface area contributed by atoms with Crippen molar-refractivity contribution < 1.29 is 22.0 Å². The molecular weight excluding hydrogens is 388 g/mol. The van der Waals surface area contributed by atoms with E-state index in [0.29, 0.717) is 0 Å². The van der Waals surface area contributed by atoms with Crippen LogP contribution in [0.1, 0.15) is 117 Å². The lowest BCUT2D eigenvalue weighted by molar-refractivity contribution is -0.890. The monoisotopic (exact) mass is 441 g/mol. The first-order chi connectivity index (χ1) is 13.1. The van der Waals surface area contributed by atoms with Gasteiger partial charge in [-0.3, -0.25) is 9.11 Å². The molecule has 6 nitrogen and oxygen atoms in total. The first kappa shape index (κ1) is 33.4. The van der Waals surface area contributed by atoms with Gasteiger partial charge in [-0.15, -0.1) is 0 Å². The van der Waals surface area contributed by atoms with E-state index in [9.17, 15) is 0 Å². The maximum atomic E-state index is 8.74. The Labute approximate surface area is 182 Å². The van der Waals surface area contributed by atoms with Crippen molar-refractivity contribution in [3.8, 4) is 0 Å². The quantitative estimate of drug-likeness (QED) is 0.122. The van der Waals surface area contributed by atoms with Crippen LogP contribution in [-0.2, 0) is 10.4 Å². The molecule has 0 rings (SSSR count). The van der Waals surface area contributed by atoms with Gasteiger partial charge in [0.05, 0.1) is 27.2 Å². The first-order valence-corrected chi connectivity index (χ1v) is 13.0. The van der Waals surface area contributed by atoms with E-state index in [1.807, 2.05) is 0 Å². The second-order valence-corrected chi connectivity index (χ2v) is 9.68. The average molecular weight is 442 g/mol. The summed E-state index contributed by atoms with van der Waals surface area (Å²) in [6.07, 6.45) is 23.0. The summed E-state index contributed by atoms with van der Waals surface area (Å²) in [5.41, 5.74) is 0. The van der Waals surface area contributed by atoms with Crippen LogP contribution >= 0.6 is 0 Å². The van der Waals surface area contributed by atoms with Gasteiger partial charge < -0.3 is 10.6 Å². The summed E-state index contributed by atoms with van der Waals surface area (Å²) >= 11 is 0. The molecule has 29 heavy (non-hydrogen) atoms. The predicted molar refractivity (Wildman–Crippen MR) is 126 cm³/mol. The number of rotatable bonds is 18. The van der Waals surface area contributed by atoms with E-state index < -0.39 is 10.4 Å². The molecule has 0 aliphatic carbocycles. The van der Waals surface area contributed by atoms with E-state index in [2.05, 4.69) is 27.9 Å². The highest BCUT2D eigenvalue weighted by Gasteiger charge is 2.13. The Morgan fingerprint density at radius 2 is 0.759 bits per heavy atom. The van der Waals surface area contributed by atoms with E-state index in [1.54, 1.807) is 0 Å². The van der Waals surface area contributed by atoms with E-state index in [-0.39, 0.29) is 6.15 Å². The van der Waals surface area contributed by atoms with Crippen LogP contribution in [-0.4, -0.2) is 49.2 Å². The standard InChI is InChI=1S/C22H48N.H3N.H2O4S/c1-5-7-9-11-13-15-17-19-21-23(3,4)22-20-18-16-14-12-10-8-6-2;;1-5(2,3)4/h5-22H2,1-4H3;1H3;(H2,1,2,3,4)/q+1;;. The van der Waals surface area contributed by atoms with Crippen molar-refractivity contribution in [3.05, 3.63) is 0 Å². The fourth-order valence-electron chi connectivity index (χ4n) is 3.46. The molecule has 0 saturated carbocycles. The van der Waals surface area contributed by atoms with Gasteiger partial charge in [0.2, 0.25) is 0 Å². The molecule has 0 amide bonds. The Morgan fingerprint density at radius 1 is 0.552 bits per heavy atom. The molecule has 0 aliphatic heterocycles. The molecule has 5 N–H and O–H groups in total. The number of unbranched alkanes of at least 4 members (excludes halogenated alkanes) is 14. The minimum Gasteiger partial charge on any atom is -0.344 e. The Morgan fingerprint density at radius 3 is 1.00 bits per heavy atom. The van der Waals surface area contributed by atoms with Gasteiger partial charge in [-0.1, -0.05) is 90.9 Å². The lowest BCUT2D eigenvalue weighted by atomic mass is 10.1. The highest BCUT2D eigenvalue weighted by Crippen LogP contribution is 2.13. The number of hydrogen-bond donors (Lipinski definition) is 3. The summed E-state index contributed by atoms with van der Waals surface area (Å²) in [7, 11) is 0.199. The Hall–Kier alpha value is -0.210. The smallest absolute Gasteiger partial charge is 0.344 e. The SMILES string of the molecule is CCCCCCCCCC[N+](C)(C)CCCCCCCCCC.N.O=S(=O)(O)O. The molecule has 7 heteroatoms. The van der Waals surface area contributed by atoms with Crippen LogP contribution in [0.4, 0.5) is 0 Å². The van der Waals surface area contributed by atoms with Gasteiger partial charge in [0.15, 0.2) is 0 Å². The predicted octanol–water partition coefficient (Wildman–Crippen LogP) is 6.85. The van der Waals surface area contributed by atoms with Gasteiger partial charge in [-0.2, -0.15) is 8.42 Å². The fraction of sp³-hybridized carbons (Fsp3) is 1.00. The van der Waals surface area contributed by atoms with Crippen molar-refractivity contribution in [1.29, 1.82) is 0 Å². The lowest BCUT2D eigenvalue weighted by Crippen LogP contribution is -2.41. The molecule has 0 saturated heterocycles. The topological polar surface area (TPSA) is 110 Å². The summed E-state index contributed by atoms with van der Waals surface area (Å²) in [5.74, 6) is 0. The largest absolute Gasteiger partial charge is 0.394 e. The number of quaternary nitrogens is 1. The van der Waals surface area contributed by atoms with Crippen molar-refractivity contribution in [2.75, 3.05) is 27.2 Å². The molecule has 0 spiro atoms. The first-order valence-electron chi connectivity index (χ1n) is 11.6. The third-order valence-electron chi connectivity index (χ3n) is 5.23. The number of hydrogen-bond acceptors (Lipinski definition) is 3. The second kappa shape index (κ2) is 22.5. The maximum Gasteiger partial charge on any atom is 0.394 e. The molecule has 0 aromatic heterocycles. The zero-order valence-corrected chi connectivity index (χ0v) is 20.8. The third-order valence-corrected chi connectivity index (χ3v) is 5.23. The van der Waals surface area contributed by atoms with E-state index in [4.69, 9.17) is 17.5 Å². The van der Waals surface area contributed by atoms with Crippen LogP contribution < -0.4 is 6.15 Å². The molecule has 0 aliphatic rings. The minimum atomic E-state index is -4.67. The molecular formula is C22H53N2O4S+. The van der Waals surface area contributed by atoms with Crippen LogP contribution in [0.25, 0.3) is 0 Å². The molecule has 0 aromatic rings. The van der Waals surface area contributed by atoms with Crippen LogP contribution in [0, 0.1) is 0 Å². The van der Waals surface area contributed by atoms with Gasteiger partial charge in [0, 0.05) is 0 Å². The van der Waals surface area contributed by atoms with Crippen LogP contribution in [0.5, 0.6) is 0 Å². The maximum absolute atomic E-state index is 8.74. The third kappa shape index (κ3) is 38.9. The summed E-state index contributed by atoms with van der Waals surface area (Å²) < 4.78 is 32.8. The van der Waals surface area contributed by atoms with Crippen LogP contribution in [0.2, 0.25) is 0 Å². The van der Waals surface area contributed by atoms with E-state index in [1.165, 1.54) is 120 Å². The molecule has 0 unspecified atom stereocenters. The second-order valence-electron chi connectivity index (χ2n) is 8.78. The van der Waals surface area contributed by atoms with Crippen molar-refractivity contribution in [2.45, 2.75) is 117 Å². The molecule has 0 bridgehead atoms. The van der Waals surface area contributed by atoms with E-state index >= 15 is 0 Å². The van der Waals surface area contributed by atoms with Crippen molar-refractivity contribution in [3.63, 3.8) is 0 Å². The minimum absolute atomic E-state index is 0. The molecule has 0 fully saturated rings. The normalized spacial score (nSPS) is 11.5. The Balaban J connectivity index is -0.000000997. The highest BCUT2D eigenvalue weighted by atomic mass is 32.3. The van der Waals surface area contributed by atoms with Crippen LogP contribution in [0.3, 0.4) is 0 Å². The zero-order chi connectivity index (χ0) is 21.7. The Kier molecular flexibility index (Phi) is 25.9. The van der Waals surface area contributed by atoms with Gasteiger partial charge >= 0.3 is 10.4 Å². The van der Waals surface area contributed by atoms with Gasteiger partial charge in [-0.05, 0) is 25.7 Å². The van der Waals surface area contributed by atoms with Crippen molar-refractivity contribution >= 4 is 10.4 Å². The van der Waals surface area contributed by atoms with Gasteiger partial charge in [0.25, 0.3) is 0 Å².